The third-order valence-corrected chi connectivity index (χ3v) is 12.1. The molecule has 19 heteroatoms. The van der Waals surface area contributed by atoms with Gasteiger partial charge in [-0.3, -0.25) is 18.9 Å². The average molecular weight is 858 g/mol. The Kier molecular flexibility index (Phi) is 36.7. The lowest BCUT2D eigenvalue weighted by Crippen LogP contribution is -2.41. The number of amides is 1. The molecule has 4 N–H and O–H groups in total. The predicted molar refractivity (Wildman–Crippen MR) is 216 cm³/mol. The average Bonchev–Trinajstić information content (AvgIpc) is 3.39. The molecular weight excluding hydrogens is 794 g/mol. The smallest absolute Gasteiger partial charge is 0.346 e. The highest BCUT2D eigenvalue weighted by Gasteiger charge is 2.37. The van der Waals surface area contributed by atoms with Gasteiger partial charge in [-0.15, -0.1) is 34.8 Å². The predicted octanol–water partition coefficient (Wildman–Crippen LogP) is 5.96. The number of likely N-dealkylation sites (N-methyl/N-ethyl adjacent to an activating group) is 1. The van der Waals surface area contributed by atoms with Gasteiger partial charge in [0.2, 0.25) is 5.91 Å². The standard InChI is InChI=1S/C15H29Cl3N3O6PS.C10H15NO2.C5H10O2.C4H10/c1-3-20(7-4-16)28(24,21(8-5-17)9-6-18)27-10-11-29(25,26)13-15(12-22)19-14(2)23;1-11-9(10(12)13)8-6-4-2-3-5-7-8;1-2-3-4-5(6)7;1-3-4-2/h12,15H,3-11,13H2,1-2H3,(H,19,23);4,6-7,9,11H,2-3,5H2,1H3,(H,12,13);2-4H2,1H3,(H,6,7);3-4H2,1-2H3/t;9-;;/m.1../s1. The molecule has 0 spiro atoms. The van der Waals surface area contributed by atoms with Crippen LogP contribution in [0.3, 0.4) is 0 Å². The summed E-state index contributed by atoms with van der Waals surface area (Å²) in [5.41, 5.74) is 0.868. The monoisotopic (exact) mass is 856 g/mol. The summed E-state index contributed by atoms with van der Waals surface area (Å²) in [5, 5.41) is 22.0. The van der Waals surface area contributed by atoms with E-state index >= 15 is 0 Å². The van der Waals surface area contributed by atoms with E-state index in [0.29, 0.717) is 19.3 Å². The number of allylic oxidation sites excluding steroid dienone is 2. The number of carboxylic acids is 2. The first kappa shape index (κ1) is 55.8. The highest BCUT2D eigenvalue weighted by molar-refractivity contribution is 7.91. The van der Waals surface area contributed by atoms with E-state index in [1.165, 1.54) is 29.1 Å². The highest BCUT2D eigenvalue weighted by atomic mass is 35.5. The Hall–Kier alpha value is -1.55. The third kappa shape index (κ3) is 28.5. The third-order valence-electron chi connectivity index (χ3n) is 7.13. The number of carbonyl (C=O) groups excluding carboxylic acids is 2. The van der Waals surface area contributed by atoms with E-state index < -0.39 is 58.9 Å². The van der Waals surface area contributed by atoms with Crippen molar-refractivity contribution in [1.29, 1.82) is 0 Å². The molecule has 0 radical (unpaired) electrons. The van der Waals surface area contributed by atoms with E-state index in [2.05, 4.69) is 24.5 Å². The Morgan fingerprint density at radius 2 is 1.55 bits per heavy atom. The second-order valence-corrected chi connectivity index (χ2v) is 17.3. The van der Waals surface area contributed by atoms with Crippen molar-refractivity contribution in [3.05, 3.63) is 23.8 Å². The second-order valence-electron chi connectivity index (χ2n) is 11.5. The van der Waals surface area contributed by atoms with Gasteiger partial charge in [0.1, 0.15) is 12.3 Å². The number of halogens is 3. The molecule has 53 heavy (non-hydrogen) atoms. The van der Waals surface area contributed by atoms with Crippen molar-refractivity contribution in [1.82, 2.24) is 20.0 Å². The van der Waals surface area contributed by atoms with Crippen molar-refractivity contribution in [2.45, 2.75) is 98.1 Å². The first-order chi connectivity index (χ1) is 25.0. The fourth-order valence-electron chi connectivity index (χ4n) is 4.25. The molecule has 0 aliphatic heterocycles. The normalized spacial score (nSPS) is 14.7. The summed E-state index contributed by atoms with van der Waals surface area (Å²) in [6.07, 6.45) is 14.1. The molecule has 0 saturated carbocycles. The van der Waals surface area contributed by atoms with Crippen molar-refractivity contribution in [3.63, 3.8) is 0 Å². The number of sulfone groups is 1. The molecule has 14 nitrogen and oxygen atoms in total. The minimum atomic E-state index is -3.76. The van der Waals surface area contributed by atoms with Crippen LogP contribution in [0.4, 0.5) is 0 Å². The molecule has 0 aromatic heterocycles. The van der Waals surface area contributed by atoms with Crippen LogP contribution in [0.5, 0.6) is 0 Å². The minimum absolute atomic E-state index is 0.179. The molecule has 0 bridgehead atoms. The number of aliphatic carboxylic acids is 2. The van der Waals surface area contributed by atoms with Crippen LogP contribution in [0.2, 0.25) is 0 Å². The quantitative estimate of drug-likeness (QED) is 0.0504. The number of carbonyl (C=O) groups is 4. The van der Waals surface area contributed by atoms with Crippen LogP contribution in [0.15, 0.2) is 23.8 Å². The van der Waals surface area contributed by atoms with E-state index in [0.717, 1.165) is 37.7 Å². The first-order valence-corrected chi connectivity index (χ1v) is 22.8. The maximum absolute atomic E-state index is 13.7. The number of rotatable bonds is 24. The Morgan fingerprint density at radius 3 is 1.94 bits per heavy atom. The number of unbranched alkanes of at least 4 members (excludes halogenated alkanes) is 2. The topological polar surface area (TPSA) is 200 Å². The van der Waals surface area contributed by atoms with Crippen molar-refractivity contribution < 1.29 is 46.9 Å². The van der Waals surface area contributed by atoms with Crippen LogP contribution in [-0.4, -0.2) is 133 Å². The SMILES string of the molecule is CCCC.CCCCC(=O)O.CCN(CCCl)P(=O)(OCCS(=O)(=O)CC(C=O)NC(C)=O)N(CCCl)CCCl.CN[C@@H](C(=O)O)C1=CCCCC=C1. The molecule has 3 atom stereocenters. The van der Waals surface area contributed by atoms with Crippen molar-refractivity contribution >= 4 is 76.4 Å². The van der Waals surface area contributed by atoms with Gasteiger partial charge in [0.15, 0.2) is 9.84 Å². The van der Waals surface area contributed by atoms with Crippen molar-refractivity contribution in [3.8, 4) is 0 Å². The maximum Gasteiger partial charge on any atom is 0.346 e. The summed E-state index contributed by atoms with van der Waals surface area (Å²) < 4.78 is 46.9. The van der Waals surface area contributed by atoms with Crippen LogP contribution in [0.1, 0.15) is 86.0 Å². The molecule has 1 rings (SSSR count). The van der Waals surface area contributed by atoms with Crippen LogP contribution in [-0.2, 0) is 38.1 Å². The van der Waals surface area contributed by atoms with Crippen LogP contribution < -0.4 is 10.6 Å². The fourth-order valence-corrected chi connectivity index (χ4v) is 8.98. The van der Waals surface area contributed by atoms with Crippen LogP contribution in [0.25, 0.3) is 0 Å². The Bertz CT molecular complexity index is 1220. The van der Waals surface area contributed by atoms with E-state index in [4.69, 9.17) is 49.5 Å². The van der Waals surface area contributed by atoms with Crippen LogP contribution in [0, 0.1) is 0 Å². The highest BCUT2D eigenvalue weighted by Crippen LogP contribution is 2.54. The van der Waals surface area contributed by atoms with Gasteiger partial charge in [-0.25, -0.2) is 17.8 Å². The summed E-state index contributed by atoms with van der Waals surface area (Å²) in [7, 11) is -5.73. The van der Waals surface area contributed by atoms with E-state index in [1.54, 1.807) is 14.0 Å². The summed E-state index contributed by atoms with van der Waals surface area (Å²) in [5.74, 6) is -2.52. The molecule has 0 fully saturated rings. The number of hydrogen-bond acceptors (Lipinski definition) is 9. The van der Waals surface area contributed by atoms with Gasteiger partial charge in [-0.2, -0.15) is 0 Å². The van der Waals surface area contributed by atoms with Gasteiger partial charge >= 0.3 is 19.6 Å². The number of hydrogen-bond donors (Lipinski definition) is 4. The largest absolute Gasteiger partial charge is 0.481 e. The lowest BCUT2D eigenvalue weighted by molar-refractivity contribution is -0.138. The van der Waals surface area contributed by atoms with Crippen LogP contribution >= 0.6 is 42.5 Å². The Labute approximate surface area is 332 Å². The number of nitrogens with zero attached hydrogens (tertiary/aromatic N) is 2. The zero-order chi connectivity index (χ0) is 41.3. The van der Waals surface area contributed by atoms with Gasteiger partial charge in [0.25, 0.3) is 0 Å². The molecule has 1 aliphatic carbocycles. The van der Waals surface area contributed by atoms with Gasteiger partial charge in [-0.05, 0) is 38.3 Å². The molecule has 0 saturated heterocycles. The second kappa shape index (κ2) is 34.9. The zero-order valence-electron chi connectivity index (χ0n) is 32.2. The minimum Gasteiger partial charge on any atom is -0.481 e. The Balaban J connectivity index is -0.000000842. The Morgan fingerprint density at radius 1 is 0.981 bits per heavy atom. The molecule has 0 heterocycles. The van der Waals surface area contributed by atoms with Gasteiger partial charge < -0.3 is 30.2 Å². The lowest BCUT2D eigenvalue weighted by atomic mass is 10.1. The molecular formula is C34H64Cl3N4O10PS. The molecule has 0 aromatic carbocycles. The molecule has 0 aromatic rings. The maximum atomic E-state index is 13.7. The number of nitrogens with one attached hydrogen (secondary N) is 2. The first-order valence-electron chi connectivity index (χ1n) is 17.9. The summed E-state index contributed by atoms with van der Waals surface area (Å²) in [4.78, 5) is 42.6. The summed E-state index contributed by atoms with van der Waals surface area (Å²) in [6, 6.07) is -1.72. The number of aldehydes is 1. The van der Waals surface area contributed by atoms with Crippen molar-refractivity contribution in [2.24, 2.45) is 0 Å². The van der Waals surface area contributed by atoms with Gasteiger partial charge in [0, 0.05) is 57.2 Å². The summed E-state index contributed by atoms with van der Waals surface area (Å²) in [6.45, 7) is 10.0. The van der Waals surface area contributed by atoms with E-state index in [9.17, 15) is 32.2 Å². The molecule has 1 aliphatic rings. The van der Waals surface area contributed by atoms with Gasteiger partial charge in [0.05, 0.1) is 24.2 Å². The van der Waals surface area contributed by atoms with E-state index in [1.807, 2.05) is 25.2 Å². The van der Waals surface area contributed by atoms with Gasteiger partial charge in [-0.1, -0.05) is 65.2 Å². The zero-order valence-corrected chi connectivity index (χ0v) is 36.2. The molecule has 2 unspecified atom stereocenters. The number of alkyl halides is 3. The number of carboxylic acid groups (broad SMARTS) is 2. The summed E-state index contributed by atoms with van der Waals surface area (Å²) >= 11 is 17.4. The fraction of sp³-hybridized carbons (Fsp3) is 0.765. The van der Waals surface area contributed by atoms with E-state index in [-0.39, 0.29) is 43.9 Å². The molecule has 312 valence electrons. The lowest BCUT2D eigenvalue weighted by Gasteiger charge is -2.37. The molecule has 1 amide bonds. The van der Waals surface area contributed by atoms with Crippen molar-refractivity contribution in [2.75, 3.05) is 69.0 Å².